The number of aromatic nitrogens is 1. The van der Waals surface area contributed by atoms with Crippen molar-refractivity contribution in [3.8, 4) is 0 Å². The minimum Gasteiger partial charge on any atom is -0.356 e. The quantitative estimate of drug-likeness (QED) is 0.588. The summed E-state index contributed by atoms with van der Waals surface area (Å²) in [5.74, 6) is 0.904. The van der Waals surface area contributed by atoms with E-state index in [1.54, 1.807) is 0 Å². The lowest BCUT2D eigenvalue weighted by atomic mass is 9.84. The fourth-order valence-electron chi connectivity index (χ4n) is 4.33. The molecule has 2 aliphatic heterocycles. The van der Waals surface area contributed by atoms with Gasteiger partial charge in [0, 0.05) is 44.0 Å². The lowest BCUT2D eigenvalue weighted by molar-refractivity contribution is 0.0173. The third-order valence-electron chi connectivity index (χ3n) is 6.15. The van der Waals surface area contributed by atoms with Crippen molar-refractivity contribution < 1.29 is 0 Å². The minimum atomic E-state index is 0.269. The zero-order valence-electron chi connectivity index (χ0n) is 17.1. The van der Waals surface area contributed by atoms with Crippen molar-refractivity contribution in [2.45, 2.75) is 44.1 Å². The summed E-state index contributed by atoms with van der Waals surface area (Å²) in [6.07, 6.45) is 9.30. The topological polar surface area (TPSA) is 55.8 Å². The van der Waals surface area contributed by atoms with Crippen LogP contribution < -0.4 is 10.6 Å². The third kappa shape index (κ3) is 5.66. The van der Waals surface area contributed by atoms with Gasteiger partial charge < -0.3 is 15.5 Å². The normalized spacial score (nSPS) is 21.8. The summed E-state index contributed by atoms with van der Waals surface area (Å²) in [5.41, 5.74) is 1.38. The number of hydrogen-bond donors (Lipinski definition) is 2. The number of guanidine groups is 1. The Labute approximate surface area is 164 Å². The highest BCUT2D eigenvalue weighted by Crippen LogP contribution is 2.30. The van der Waals surface area contributed by atoms with Crippen molar-refractivity contribution in [2.75, 3.05) is 53.4 Å². The van der Waals surface area contributed by atoms with E-state index in [1.165, 1.54) is 58.3 Å². The fourth-order valence-corrected chi connectivity index (χ4v) is 4.33. The smallest absolute Gasteiger partial charge is 0.191 e. The molecule has 6 heteroatoms. The van der Waals surface area contributed by atoms with E-state index in [4.69, 9.17) is 0 Å². The van der Waals surface area contributed by atoms with Crippen LogP contribution in [0, 0.1) is 0 Å². The van der Waals surface area contributed by atoms with Crippen LogP contribution in [0.15, 0.2) is 29.4 Å². The molecular formula is C21H36N6. The highest BCUT2D eigenvalue weighted by Gasteiger charge is 2.39. The number of aliphatic imine (C=N–C) groups is 1. The molecule has 2 N–H and O–H groups in total. The lowest BCUT2D eigenvalue weighted by Gasteiger charge is -2.50. The molecule has 3 rings (SSSR count). The van der Waals surface area contributed by atoms with Gasteiger partial charge in [-0.25, -0.2) is 0 Å². The van der Waals surface area contributed by atoms with Gasteiger partial charge >= 0.3 is 0 Å². The zero-order valence-corrected chi connectivity index (χ0v) is 17.1. The second-order valence-electron chi connectivity index (χ2n) is 8.00. The molecule has 3 heterocycles. The molecule has 0 saturated carbocycles. The van der Waals surface area contributed by atoms with E-state index in [-0.39, 0.29) is 5.54 Å². The summed E-state index contributed by atoms with van der Waals surface area (Å²) in [5, 5.41) is 7.09. The highest BCUT2D eigenvalue weighted by atomic mass is 15.3. The zero-order chi connectivity index (χ0) is 19.0. The predicted molar refractivity (Wildman–Crippen MR) is 112 cm³/mol. The van der Waals surface area contributed by atoms with Crippen molar-refractivity contribution in [2.24, 2.45) is 4.99 Å². The molecule has 0 amide bonds. The lowest BCUT2D eigenvalue weighted by Crippen LogP contribution is -2.62. The molecule has 27 heavy (non-hydrogen) atoms. The summed E-state index contributed by atoms with van der Waals surface area (Å²) in [7, 11) is 4.10. The highest BCUT2D eigenvalue weighted by molar-refractivity contribution is 5.79. The van der Waals surface area contributed by atoms with E-state index in [1.807, 2.05) is 25.4 Å². The molecule has 0 unspecified atom stereocenters. The maximum Gasteiger partial charge on any atom is 0.191 e. The first-order chi connectivity index (χ1) is 13.2. The van der Waals surface area contributed by atoms with Gasteiger partial charge in [0.15, 0.2) is 5.96 Å². The van der Waals surface area contributed by atoms with Crippen LogP contribution in [0.1, 0.15) is 37.8 Å². The molecule has 1 aromatic rings. The van der Waals surface area contributed by atoms with Crippen LogP contribution in [-0.4, -0.2) is 79.6 Å². The Kier molecular flexibility index (Phi) is 7.47. The molecule has 0 spiro atoms. The van der Waals surface area contributed by atoms with Crippen molar-refractivity contribution in [3.05, 3.63) is 30.1 Å². The van der Waals surface area contributed by atoms with Gasteiger partial charge in [0.25, 0.3) is 0 Å². The van der Waals surface area contributed by atoms with E-state index in [9.17, 15) is 0 Å². The molecule has 1 aromatic heterocycles. The molecular weight excluding hydrogens is 336 g/mol. The van der Waals surface area contributed by atoms with E-state index in [0.29, 0.717) is 0 Å². The summed E-state index contributed by atoms with van der Waals surface area (Å²) in [6, 6.07) is 6.07. The first-order valence-electron chi connectivity index (χ1n) is 10.5. The summed E-state index contributed by atoms with van der Waals surface area (Å²) >= 11 is 0. The number of likely N-dealkylation sites (tertiary alicyclic amines) is 2. The molecule has 0 bridgehead atoms. The van der Waals surface area contributed by atoms with Crippen molar-refractivity contribution in [1.29, 1.82) is 0 Å². The first kappa shape index (κ1) is 20.1. The molecule has 0 radical (unpaired) electrons. The van der Waals surface area contributed by atoms with Gasteiger partial charge in [-0.05, 0) is 71.0 Å². The average molecular weight is 373 g/mol. The van der Waals surface area contributed by atoms with Crippen LogP contribution in [0.4, 0.5) is 0 Å². The van der Waals surface area contributed by atoms with Gasteiger partial charge in [-0.1, -0.05) is 12.5 Å². The average Bonchev–Trinajstić information content (AvgIpc) is 2.73. The van der Waals surface area contributed by atoms with Crippen LogP contribution in [0.5, 0.6) is 0 Å². The number of nitrogens with one attached hydrogen (secondary N) is 2. The fraction of sp³-hybridized carbons (Fsp3) is 0.714. The summed E-state index contributed by atoms with van der Waals surface area (Å²) in [6.45, 7) is 6.68. The second kappa shape index (κ2) is 10.0. The maximum absolute atomic E-state index is 4.44. The van der Waals surface area contributed by atoms with E-state index < -0.39 is 0 Å². The Morgan fingerprint density at radius 1 is 1.11 bits per heavy atom. The monoisotopic (exact) mass is 372 g/mol. The molecule has 0 aliphatic carbocycles. The number of nitrogens with zero attached hydrogens (tertiary/aromatic N) is 4. The molecule has 6 nitrogen and oxygen atoms in total. The van der Waals surface area contributed by atoms with Gasteiger partial charge in [0.2, 0.25) is 0 Å². The van der Waals surface area contributed by atoms with Gasteiger partial charge in [-0.3, -0.25) is 14.9 Å². The Balaban J connectivity index is 1.53. The SMILES string of the molecule is CN=C(NCCc1ccccn1)NCC1(N2CCCCC2)CCN(C)CC1. The largest absolute Gasteiger partial charge is 0.356 e. The summed E-state index contributed by atoms with van der Waals surface area (Å²) in [4.78, 5) is 14.1. The molecule has 2 aliphatic rings. The Bertz CT molecular complexity index is 574. The Morgan fingerprint density at radius 3 is 2.56 bits per heavy atom. The molecule has 150 valence electrons. The summed E-state index contributed by atoms with van der Waals surface area (Å²) < 4.78 is 0. The number of pyridine rings is 1. The number of rotatable bonds is 6. The molecule has 2 saturated heterocycles. The van der Waals surface area contributed by atoms with Gasteiger partial charge in [0.1, 0.15) is 0 Å². The van der Waals surface area contributed by atoms with Crippen molar-refractivity contribution >= 4 is 5.96 Å². The van der Waals surface area contributed by atoms with E-state index in [0.717, 1.165) is 31.2 Å². The maximum atomic E-state index is 4.44. The number of hydrogen-bond acceptors (Lipinski definition) is 4. The van der Waals surface area contributed by atoms with Crippen LogP contribution >= 0.6 is 0 Å². The minimum absolute atomic E-state index is 0.269. The van der Waals surface area contributed by atoms with Crippen molar-refractivity contribution in [3.63, 3.8) is 0 Å². The van der Waals surface area contributed by atoms with E-state index >= 15 is 0 Å². The Hall–Kier alpha value is -1.66. The number of piperidine rings is 2. The standard InChI is InChI=1S/C21H36N6/c1-22-20(24-13-9-19-8-4-5-12-23-19)25-18-21(10-16-26(2)17-11-21)27-14-6-3-7-15-27/h4-5,8,12H,3,6-7,9-11,13-18H2,1-2H3,(H2,22,24,25). The Morgan fingerprint density at radius 2 is 1.89 bits per heavy atom. The van der Waals surface area contributed by atoms with Gasteiger partial charge in [0.05, 0.1) is 0 Å². The predicted octanol–water partition coefficient (Wildman–Crippen LogP) is 1.74. The van der Waals surface area contributed by atoms with Crippen molar-refractivity contribution in [1.82, 2.24) is 25.4 Å². The van der Waals surface area contributed by atoms with Gasteiger partial charge in [-0.2, -0.15) is 0 Å². The van der Waals surface area contributed by atoms with Gasteiger partial charge in [-0.15, -0.1) is 0 Å². The van der Waals surface area contributed by atoms with Crippen LogP contribution in [0.3, 0.4) is 0 Å². The van der Waals surface area contributed by atoms with Crippen LogP contribution in [0.2, 0.25) is 0 Å². The third-order valence-corrected chi connectivity index (χ3v) is 6.15. The molecule has 0 aromatic carbocycles. The van der Waals surface area contributed by atoms with Crippen LogP contribution in [0.25, 0.3) is 0 Å². The van der Waals surface area contributed by atoms with E-state index in [2.05, 4.69) is 43.5 Å². The molecule has 0 atom stereocenters. The first-order valence-corrected chi connectivity index (χ1v) is 10.5. The van der Waals surface area contributed by atoms with Crippen LogP contribution in [-0.2, 0) is 6.42 Å². The molecule has 2 fully saturated rings. The second-order valence-corrected chi connectivity index (χ2v) is 8.00.